The zero-order valence-electron chi connectivity index (χ0n) is 19.6. The molecule has 1 saturated heterocycles. The van der Waals surface area contributed by atoms with Crippen molar-refractivity contribution < 1.29 is 14.3 Å². The molecule has 2 aliphatic rings. The molecule has 6 nitrogen and oxygen atoms in total. The van der Waals surface area contributed by atoms with Crippen LogP contribution in [0.15, 0.2) is 78.9 Å². The van der Waals surface area contributed by atoms with Gasteiger partial charge in [-0.05, 0) is 30.2 Å². The number of aromatic amines is 1. The highest BCUT2D eigenvalue weighted by atomic mass is 16.5. The van der Waals surface area contributed by atoms with E-state index in [0.717, 1.165) is 39.0 Å². The Bertz CT molecular complexity index is 1410. The van der Waals surface area contributed by atoms with Crippen molar-refractivity contribution >= 4 is 22.7 Å². The highest BCUT2D eigenvalue weighted by Crippen LogP contribution is 2.45. The van der Waals surface area contributed by atoms with Crippen LogP contribution in [0.4, 0.5) is 0 Å². The van der Waals surface area contributed by atoms with Crippen molar-refractivity contribution in [1.82, 2.24) is 14.8 Å². The molecule has 4 aromatic rings. The lowest BCUT2D eigenvalue weighted by Crippen LogP contribution is -2.62. The summed E-state index contributed by atoms with van der Waals surface area (Å²) >= 11 is 0. The average Bonchev–Trinajstić information content (AvgIpc) is 3.26. The molecule has 2 atom stereocenters. The number of aromatic nitrogens is 1. The lowest BCUT2D eigenvalue weighted by molar-refractivity contribution is -0.159. The monoisotopic (exact) mass is 465 g/mol. The average molecular weight is 466 g/mol. The van der Waals surface area contributed by atoms with Gasteiger partial charge in [0.2, 0.25) is 11.8 Å². The quantitative estimate of drug-likeness (QED) is 0.474. The van der Waals surface area contributed by atoms with Crippen molar-refractivity contribution in [3.63, 3.8) is 0 Å². The molecule has 0 saturated carbocycles. The summed E-state index contributed by atoms with van der Waals surface area (Å²) in [5.41, 5.74) is 4.99. The lowest BCUT2D eigenvalue weighted by atomic mass is 9.85. The van der Waals surface area contributed by atoms with E-state index >= 15 is 0 Å². The molecule has 0 unspecified atom stereocenters. The number of H-pyrrole nitrogens is 1. The van der Waals surface area contributed by atoms with Crippen LogP contribution >= 0.6 is 0 Å². The van der Waals surface area contributed by atoms with Crippen molar-refractivity contribution in [2.75, 3.05) is 13.2 Å². The van der Waals surface area contributed by atoms with E-state index in [4.69, 9.17) is 4.74 Å². The Kier molecular flexibility index (Phi) is 5.29. The van der Waals surface area contributed by atoms with Crippen LogP contribution in [0.1, 0.15) is 35.3 Å². The van der Waals surface area contributed by atoms with Gasteiger partial charge in [0.25, 0.3) is 0 Å². The van der Waals surface area contributed by atoms with Gasteiger partial charge in [-0.15, -0.1) is 0 Å². The Morgan fingerprint density at radius 1 is 0.943 bits per heavy atom. The number of nitrogens with zero attached hydrogens (tertiary/aromatic N) is 2. The fraction of sp³-hybridized carbons (Fsp3) is 0.241. The molecule has 0 bridgehead atoms. The summed E-state index contributed by atoms with van der Waals surface area (Å²) in [6.45, 7) is 2.96. The van der Waals surface area contributed by atoms with E-state index in [2.05, 4.69) is 11.1 Å². The van der Waals surface area contributed by atoms with Gasteiger partial charge >= 0.3 is 0 Å². The zero-order valence-corrected chi connectivity index (χ0v) is 19.6. The standard InChI is InChI=1S/C29H27N3O3/c1-2-35-25-15-9-7-13-21(25)28-27-22(20-12-6-8-14-23(20)30-27)16-24-29(34)31(18-26(33)32(24)28)17-19-10-4-3-5-11-19/h3-15,24,28,30H,2,16-18H2,1H3/t24-,28-/m0/s1. The first kappa shape index (κ1) is 21.5. The van der Waals surface area contributed by atoms with Gasteiger partial charge in [0, 0.05) is 35.1 Å². The number of carbonyl (C=O) groups is 2. The number of amides is 2. The molecule has 3 heterocycles. The van der Waals surface area contributed by atoms with Gasteiger partial charge in [-0.3, -0.25) is 9.59 Å². The van der Waals surface area contributed by atoms with Crippen molar-refractivity contribution in [2.24, 2.45) is 0 Å². The fourth-order valence-electron chi connectivity index (χ4n) is 5.58. The molecule has 35 heavy (non-hydrogen) atoms. The van der Waals surface area contributed by atoms with Crippen LogP contribution in [-0.2, 0) is 22.6 Å². The predicted molar refractivity (Wildman–Crippen MR) is 134 cm³/mol. The molecule has 0 spiro atoms. The normalized spacial score (nSPS) is 19.6. The second-order valence-corrected chi connectivity index (χ2v) is 9.14. The molecule has 2 amide bonds. The number of nitrogens with one attached hydrogen (secondary N) is 1. The molecule has 1 fully saturated rings. The van der Waals surface area contributed by atoms with Crippen LogP contribution in [0, 0.1) is 0 Å². The number of hydrogen-bond acceptors (Lipinski definition) is 3. The minimum atomic E-state index is -0.564. The molecule has 1 N–H and O–H groups in total. The third-order valence-corrected chi connectivity index (χ3v) is 7.07. The van der Waals surface area contributed by atoms with E-state index in [9.17, 15) is 9.59 Å². The lowest BCUT2D eigenvalue weighted by Gasteiger charge is -2.47. The van der Waals surface area contributed by atoms with Crippen molar-refractivity contribution in [3.05, 3.63) is 101 Å². The number of para-hydroxylation sites is 2. The first-order chi connectivity index (χ1) is 17.2. The minimum Gasteiger partial charge on any atom is -0.494 e. The van der Waals surface area contributed by atoms with Gasteiger partial charge in [-0.2, -0.15) is 0 Å². The maximum Gasteiger partial charge on any atom is 0.246 e. The molecule has 1 aromatic heterocycles. The maximum atomic E-state index is 13.9. The number of carbonyl (C=O) groups excluding carboxylic acids is 2. The van der Waals surface area contributed by atoms with Gasteiger partial charge in [-0.25, -0.2) is 0 Å². The Morgan fingerprint density at radius 3 is 2.51 bits per heavy atom. The van der Waals surface area contributed by atoms with Crippen LogP contribution in [-0.4, -0.2) is 45.8 Å². The molecule has 2 aliphatic heterocycles. The molecule has 6 heteroatoms. The largest absolute Gasteiger partial charge is 0.494 e. The molecule has 6 rings (SSSR count). The molecular formula is C29H27N3O3. The summed E-state index contributed by atoms with van der Waals surface area (Å²) in [6.07, 6.45) is 0.489. The third kappa shape index (κ3) is 3.57. The first-order valence-electron chi connectivity index (χ1n) is 12.1. The number of hydrogen-bond donors (Lipinski definition) is 1. The molecule has 0 radical (unpaired) electrons. The molecular weight excluding hydrogens is 438 g/mol. The van der Waals surface area contributed by atoms with Crippen molar-refractivity contribution in [1.29, 1.82) is 0 Å². The van der Waals surface area contributed by atoms with Gasteiger partial charge in [-0.1, -0.05) is 66.7 Å². The predicted octanol–water partition coefficient (Wildman–Crippen LogP) is 4.45. The van der Waals surface area contributed by atoms with Gasteiger partial charge < -0.3 is 19.5 Å². The highest BCUT2D eigenvalue weighted by molar-refractivity contribution is 5.97. The Hall–Kier alpha value is -4.06. The van der Waals surface area contributed by atoms with Gasteiger partial charge in [0.1, 0.15) is 24.4 Å². The topological polar surface area (TPSA) is 65.6 Å². The second kappa shape index (κ2) is 8.62. The van der Waals surface area contributed by atoms with Crippen LogP contribution < -0.4 is 4.74 Å². The van der Waals surface area contributed by atoms with E-state index in [-0.39, 0.29) is 18.4 Å². The summed E-state index contributed by atoms with van der Waals surface area (Å²) in [6, 6.07) is 24.8. The van der Waals surface area contributed by atoms with Crippen LogP contribution in [0.3, 0.4) is 0 Å². The highest BCUT2D eigenvalue weighted by Gasteiger charge is 2.48. The summed E-state index contributed by atoms with van der Waals surface area (Å²) in [7, 11) is 0. The summed E-state index contributed by atoms with van der Waals surface area (Å²) in [5.74, 6) is 0.673. The fourth-order valence-corrected chi connectivity index (χ4v) is 5.58. The SMILES string of the molecule is CCOc1ccccc1[C@H]1c2[nH]c3ccccc3c2C[C@H]2C(=O)N(Cc3ccccc3)CC(=O)N12. The first-order valence-corrected chi connectivity index (χ1v) is 12.1. The van der Waals surface area contributed by atoms with Crippen LogP contribution in [0.25, 0.3) is 10.9 Å². The van der Waals surface area contributed by atoms with Crippen molar-refractivity contribution in [3.8, 4) is 5.75 Å². The van der Waals surface area contributed by atoms with Gasteiger partial charge in [0.15, 0.2) is 0 Å². The van der Waals surface area contributed by atoms with E-state index in [1.807, 2.05) is 79.7 Å². The third-order valence-electron chi connectivity index (χ3n) is 7.07. The van der Waals surface area contributed by atoms with Crippen LogP contribution in [0.2, 0.25) is 0 Å². The molecule has 176 valence electrons. The minimum absolute atomic E-state index is 0.0109. The Morgan fingerprint density at radius 2 is 1.69 bits per heavy atom. The molecule has 3 aromatic carbocycles. The van der Waals surface area contributed by atoms with E-state index in [0.29, 0.717) is 19.6 Å². The van der Waals surface area contributed by atoms with E-state index in [1.165, 1.54) is 0 Å². The second-order valence-electron chi connectivity index (χ2n) is 9.14. The number of piperazine rings is 1. The number of ether oxygens (including phenoxy) is 1. The smallest absolute Gasteiger partial charge is 0.246 e. The number of fused-ring (bicyclic) bond motifs is 4. The molecule has 0 aliphatic carbocycles. The number of benzene rings is 3. The van der Waals surface area contributed by atoms with E-state index < -0.39 is 12.1 Å². The van der Waals surface area contributed by atoms with Gasteiger partial charge in [0.05, 0.1) is 6.61 Å². The maximum absolute atomic E-state index is 13.9. The summed E-state index contributed by atoms with van der Waals surface area (Å²) < 4.78 is 5.97. The van der Waals surface area contributed by atoms with E-state index in [1.54, 1.807) is 9.80 Å². The summed E-state index contributed by atoms with van der Waals surface area (Å²) in [4.78, 5) is 34.7. The number of rotatable bonds is 5. The zero-order chi connectivity index (χ0) is 23.9. The van der Waals surface area contributed by atoms with Crippen molar-refractivity contribution in [2.45, 2.75) is 32.0 Å². The Balaban J connectivity index is 1.48. The summed E-state index contributed by atoms with van der Waals surface area (Å²) in [5, 5.41) is 1.10. The van der Waals surface area contributed by atoms with Crippen LogP contribution in [0.5, 0.6) is 5.75 Å². The Labute approximate surface area is 204 Å².